The molecule has 1 fully saturated rings. The van der Waals surface area contributed by atoms with Gasteiger partial charge in [0.25, 0.3) is 0 Å². The van der Waals surface area contributed by atoms with Gasteiger partial charge in [0.05, 0.1) is 11.9 Å². The van der Waals surface area contributed by atoms with Crippen LogP contribution in [0.15, 0.2) is 36.8 Å². The van der Waals surface area contributed by atoms with Crippen molar-refractivity contribution in [1.82, 2.24) is 19.7 Å². The van der Waals surface area contributed by atoms with Crippen LogP contribution in [0.4, 0.5) is 5.69 Å². The zero-order valence-electron chi connectivity index (χ0n) is 12.0. The molecule has 0 amide bonds. The van der Waals surface area contributed by atoms with Crippen LogP contribution in [0, 0.1) is 0 Å². The number of rotatable bonds is 4. The molecule has 2 aromatic heterocycles. The molecule has 3 rings (SSSR count). The van der Waals surface area contributed by atoms with E-state index in [9.17, 15) is 0 Å². The van der Waals surface area contributed by atoms with E-state index >= 15 is 0 Å². The number of pyridine rings is 1. The molecule has 5 heteroatoms. The Morgan fingerprint density at radius 3 is 2.85 bits per heavy atom. The minimum atomic E-state index is 0.523. The molecule has 0 aromatic carbocycles. The minimum Gasteiger partial charge on any atom is -0.380 e. The highest BCUT2D eigenvalue weighted by molar-refractivity contribution is 5.44. The maximum atomic E-state index is 4.44. The maximum absolute atomic E-state index is 4.44. The van der Waals surface area contributed by atoms with Gasteiger partial charge in [0, 0.05) is 37.6 Å². The number of aromatic nitrogens is 3. The van der Waals surface area contributed by atoms with E-state index in [2.05, 4.69) is 40.2 Å². The standard InChI is InChI=1S/C15H21N5/c1-12(2)19-9-6-14(11-19)18-13-4-5-15(16-10-13)20-8-3-7-17-20/h3-5,7-8,10,12,14,18H,6,9,11H2,1-2H3. The molecule has 0 radical (unpaired) electrons. The third-order valence-electron chi connectivity index (χ3n) is 3.81. The Balaban J connectivity index is 1.62. The molecule has 1 aliphatic rings. The first-order valence-electron chi connectivity index (χ1n) is 7.19. The molecule has 3 heterocycles. The molecule has 1 aliphatic heterocycles. The van der Waals surface area contributed by atoms with Gasteiger partial charge in [-0.2, -0.15) is 5.10 Å². The quantitative estimate of drug-likeness (QED) is 0.925. The first-order valence-corrected chi connectivity index (χ1v) is 7.19. The maximum Gasteiger partial charge on any atom is 0.153 e. The van der Waals surface area contributed by atoms with Crippen LogP contribution in [0.2, 0.25) is 0 Å². The molecule has 1 unspecified atom stereocenters. The summed E-state index contributed by atoms with van der Waals surface area (Å²) in [6.07, 6.45) is 6.73. The van der Waals surface area contributed by atoms with Gasteiger partial charge in [0.1, 0.15) is 0 Å². The summed E-state index contributed by atoms with van der Waals surface area (Å²) in [5, 5.41) is 7.74. The molecule has 0 aliphatic carbocycles. The van der Waals surface area contributed by atoms with Gasteiger partial charge in [-0.05, 0) is 38.5 Å². The summed E-state index contributed by atoms with van der Waals surface area (Å²) >= 11 is 0. The highest BCUT2D eigenvalue weighted by Crippen LogP contribution is 2.17. The van der Waals surface area contributed by atoms with Crippen molar-refractivity contribution in [2.75, 3.05) is 18.4 Å². The Morgan fingerprint density at radius 2 is 2.25 bits per heavy atom. The zero-order valence-corrected chi connectivity index (χ0v) is 12.0. The lowest BCUT2D eigenvalue weighted by Gasteiger charge is -2.20. The van der Waals surface area contributed by atoms with Gasteiger partial charge < -0.3 is 5.32 Å². The van der Waals surface area contributed by atoms with Crippen LogP contribution in [0.1, 0.15) is 20.3 Å². The van der Waals surface area contributed by atoms with Crippen LogP contribution in [0.25, 0.3) is 5.82 Å². The van der Waals surface area contributed by atoms with E-state index in [1.54, 1.807) is 10.9 Å². The number of hydrogen-bond acceptors (Lipinski definition) is 4. The lowest BCUT2D eigenvalue weighted by atomic mass is 10.2. The Kier molecular flexibility index (Phi) is 3.69. The van der Waals surface area contributed by atoms with Crippen molar-refractivity contribution in [3.63, 3.8) is 0 Å². The topological polar surface area (TPSA) is 46.0 Å². The van der Waals surface area contributed by atoms with Gasteiger partial charge in [0.2, 0.25) is 0 Å². The number of nitrogens with zero attached hydrogens (tertiary/aromatic N) is 4. The summed E-state index contributed by atoms with van der Waals surface area (Å²) in [5.41, 5.74) is 1.08. The van der Waals surface area contributed by atoms with Crippen LogP contribution in [0.5, 0.6) is 0 Å². The normalized spacial score (nSPS) is 19.6. The third-order valence-corrected chi connectivity index (χ3v) is 3.81. The van der Waals surface area contributed by atoms with Gasteiger partial charge in [-0.1, -0.05) is 0 Å². The minimum absolute atomic E-state index is 0.523. The summed E-state index contributed by atoms with van der Waals surface area (Å²) in [6.45, 7) is 6.79. The van der Waals surface area contributed by atoms with E-state index in [0.717, 1.165) is 18.1 Å². The second-order valence-electron chi connectivity index (χ2n) is 5.57. The van der Waals surface area contributed by atoms with Crippen LogP contribution < -0.4 is 5.32 Å². The van der Waals surface area contributed by atoms with Crippen LogP contribution >= 0.6 is 0 Å². The van der Waals surface area contributed by atoms with Crippen molar-refractivity contribution in [3.05, 3.63) is 36.8 Å². The summed E-state index contributed by atoms with van der Waals surface area (Å²) in [7, 11) is 0. The number of anilines is 1. The number of likely N-dealkylation sites (tertiary alicyclic amines) is 1. The molecule has 0 saturated carbocycles. The van der Waals surface area contributed by atoms with Crippen molar-refractivity contribution < 1.29 is 0 Å². The Morgan fingerprint density at radius 1 is 1.35 bits per heavy atom. The fourth-order valence-corrected chi connectivity index (χ4v) is 2.62. The van der Waals surface area contributed by atoms with Crippen LogP contribution in [-0.4, -0.2) is 44.8 Å². The van der Waals surface area contributed by atoms with Crippen molar-refractivity contribution in [2.45, 2.75) is 32.4 Å². The third kappa shape index (κ3) is 2.82. The molecule has 0 bridgehead atoms. The van der Waals surface area contributed by atoms with Crippen molar-refractivity contribution >= 4 is 5.69 Å². The van der Waals surface area contributed by atoms with Crippen molar-refractivity contribution in [1.29, 1.82) is 0 Å². The SMILES string of the molecule is CC(C)N1CCC(Nc2ccc(-n3cccn3)nc2)C1. The fourth-order valence-electron chi connectivity index (χ4n) is 2.62. The van der Waals surface area contributed by atoms with Gasteiger partial charge in [-0.3, -0.25) is 4.90 Å². The molecule has 5 nitrogen and oxygen atoms in total. The number of hydrogen-bond donors (Lipinski definition) is 1. The average molecular weight is 271 g/mol. The lowest BCUT2D eigenvalue weighted by molar-refractivity contribution is 0.274. The molecule has 0 spiro atoms. The molecule has 1 saturated heterocycles. The van der Waals surface area contributed by atoms with Crippen LogP contribution in [0.3, 0.4) is 0 Å². The molecule has 1 N–H and O–H groups in total. The highest BCUT2D eigenvalue weighted by atomic mass is 15.3. The average Bonchev–Trinajstić information content (AvgIpc) is 3.10. The van der Waals surface area contributed by atoms with E-state index in [4.69, 9.17) is 0 Å². The second kappa shape index (κ2) is 5.63. The molecular formula is C15H21N5. The van der Waals surface area contributed by atoms with Crippen molar-refractivity contribution in [3.8, 4) is 5.82 Å². The molecule has 106 valence electrons. The molecular weight excluding hydrogens is 250 g/mol. The summed E-state index contributed by atoms with van der Waals surface area (Å²) in [6, 6.07) is 7.11. The zero-order chi connectivity index (χ0) is 13.9. The fraction of sp³-hybridized carbons (Fsp3) is 0.467. The Labute approximate surface area is 119 Å². The first-order chi connectivity index (χ1) is 9.72. The highest BCUT2D eigenvalue weighted by Gasteiger charge is 2.23. The smallest absolute Gasteiger partial charge is 0.153 e. The van der Waals surface area contributed by atoms with E-state index < -0.39 is 0 Å². The predicted octanol–water partition coefficient (Wildman–Crippen LogP) is 2.16. The predicted molar refractivity (Wildman–Crippen MR) is 80.1 cm³/mol. The molecule has 2 aromatic rings. The summed E-state index contributed by atoms with van der Waals surface area (Å²) < 4.78 is 1.76. The molecule has 1 atom stereocenters. The van der Waals surface area contributed by atoms with Gasteiger partial charge in [0.15, 0.2) is 5.82 Å². The largest absolute Gasteiger partial charge is 0.380 e. The van der Waals surface area contributed by atoms with Gasteiger partial charge in [-0.15, -0.1) is 0 Å². The Hall–Kier alpha value is -1.88. The first kappa shape index (κ1) is 13.1. The van der Waals surface area contributed by atoms with Crippen LogP contribution in [-0.2, 0) is 0 Å². The van der Waals surface area contributed by atoms with Gasteiger partial charge in [-0.25, -0.2) is 9.67 Å². The second-order valence-corrected chi connectivity index (χ2v) is 5.57. The van der Waals surface area contributed by atoms with E-state index in [1.165, 1.54) is 13.0 Å². The van der Waals surface area contributed by atoms with E-state index in [1.807, 2.05) is 24.5 Å². The number of nitrogens with one attached hydrogen (secondary N) is 1. The lowest BCUT2D eigenvalue weighted by Crippen LogP contribution is -2.31. The van der Waals surface area contributed by atoms with Crippen molar-refractivity contribution in [2.24, 2.45) is 0 Å². The Bertz CT molecular complexity index is 532. The molecule has 20 heavy (non-hydrogen) atoms. The monoisotopic (exact) mass is 271 g/mol. The summed E-state index contributed by atoms with van der Waals surface area (Å²) in [5.74, 6) is 0.843. The van der Waals surface area contributed by atoms with E-state index in [0.29, 0.717) is 12.1 Å². The summed E-state index contributed by atoms with van der Waals surface area (Å²) in [4.78, 5) is 6.94. The van der Waals surface area contributed by atoms with E-state index in [-0.39, 0.29) is 0 Å². The van der Waals surface area contributed by atoms with Gasteiger partial charge >= 0.3 is 0 Å².